The van der Waals surface area contributed by atoms with Crippen LogP contribution in [-0.4, -0.2) is 22.1 Å². The van der Waals surface area contributed by atoms with Crippen molar-refractivity contribution in [1.29, 1.82) is 0 Å². The molecule has 31 heavy (non-hydrogen) atoms. The van der Waals surface area contributed by atoms with Gasteiger partial charge in [0.05, 0.1) is 5.76 Å². The minimum absolute atomic E-state index is 0.132. The van der Waals surface area contributed by atoms with E-state index in [1.54, 1.807) is 6.92 Å². The van der Waals surface area contributed by atoms with Crippen molar-refractivity contribution in [1.82, 2.24) is 0 Å². The fourth-order valence-corrected chi connectivity index (χ4v) is 9.02. The first-order chi connectivity index (χ1) is 14.6. The third kappa shape index (κ3) is 3.41. The number of hydrogen-bond acceptors (Lipinski definition) is 3. The molecule has 0 aromatic heterocycles. The molecule has 0 aromatic carbocycles. The van der Waals surface area contributed by atoms with Gasteiger partial charge in [0.1, 0.15) is 5.94 Å². The van der Waals surface area contributed by atoms with Crippen LogP contribution in [0, 0.1) is 46.3 Å². The van der Waals surface area contributed by atoms with Crippen LogP contribution in [0.4, 0.5) is 0 Å². The van der Waals surface area contributed by atoms with Crippen LogP contribution in [0.3, 0.4) is 0 Å². The molecule has 2 unspecified atom stereocenters. The van der Waals surface area contributed by atoms with Crippen LogP contribution >= 0.6 is 0 Å². The van der Waals surface area contributed by atoms with Gasteiger partial charge in [0.15, 0.2) is 0 Å². The number of hydrogen-bond donors (Lipinski definition) is 2. The molecule has 2 N–H and O–H groups in total. The molecule has 8 atom stereocenters. The summed E-state index contributed by atoms with van der Waals surface area (Å²) < 4.78 is 0. The molecule has 0 aromatic rings. The zero-order chi connectivity index (χ0) is 22.6. The van der Waals surface area contributed by atoms with Crippen molar-refractivity contribution in [3.8, 4) is 0 Å². The molecule has 0 saturated heterocycles. The molecule has 0 radical (unpaired) electrons. The molecule has 0 amide bonds. The van der Waals surface area contributed by atoms with Gasteiger partial charge in [-0.2, -0.15) is 0 Å². The quantitative estimate of drug-likeness (QED) is 0.404. The number of carboxylic acids is 1. The third-order valence-electron chi connectivity index (χ3n) is 10.4. The van der Waals surface area contributed by atoms with Crippen molar-refractivity contribution in [3.05, 3.63) is 16.9 Å². The lowest BCUT2D eigenvalue weighted by molar-refractivity contribution is -0.137. The highest BCUT2D eigenvalue weighted by Crippen LogP contribution is 2.70. The maximum atomic E-state index is 12.4. The first-order valence-corrected chi connectivity index (χ1v) is 12.5. The van der Waals surface area contributed by atoms with Crippen LogP contribution in [0.1, 0.15) is 91.9 Å². The van der Waals surface area contributed by atoms with E-state index in [1.165, 1.54) is 25.7 Å². The van der Waals surface area contributed by atoms with Crippen molar-refractivity contribution in [3.63, 3.8) is 0 Å². The number of aliphatic hydroxyl groups is 1. The van der Waals surface area contributed by atoms with Crippen molar-refractivity contribution in [2.75, 3.05) is 0 Å². The molecular weight excluding hydrogens is 388 g/mol. The summed E-state index contributed by atoms with van der Waals surface area (Å²) in [6.45, 7) is 8.83. The molecule has 4 aliphatic rings. The van der Waals surface area contributed by atoms with Crippen LogP contribution in [-0.2, 0) is 9.59 Å². The van der Waals surface area contributed by atoms with Crippen LogP contribution in [0.2, 0.25) is 0 Å². The highest BCUT2D eigenvalue weighted by molar-refractivity contribution is 5.66. The van der Waals surface area contributed by atoms with Crippen molar-refractivity contribution >= 4 is 11.9 Å². The summed E-state index contributed by atoms with van der Waals surface area (Å²) in [5.74, 6) is 4.24. The van der Waals surface area contributed by atoms with E-state index in [2.05, 4.69) is 26.7 Å². The van der Waals surface area contributed by atoms with Gasteiger partial charge in [-0.05, 0) is 92.3 Å². The highest BCUT2D eigenvalue weighted by Gasteiger charge is 2.63. The Hall–Kier alpha value is -1.54. The summed E-state index contributed by atoms with van der Waals surface area (Å²) in [4.78, 5) is 23.6. The first kappa shape index (κ1) is 22.6. The number of carbonyl (C=O) groups is 1. The molecule has 0 heterocycles. The molecule has 4 nitrogen and oxygen atoms in total. The number of carboxylic acid groups (broad SMARTS) is 1. The average Bonchev–Trinajstić information content (AvgIpc) is 3.07. The molecular formula is C27H40O4. The first-order valence-electron chi connectivity index (χ1n) is 12.5. The van der Waals surface area contributed by atoms with E-state index in [4.69, 9.17) is 5.11 Å². The molecule has 4 fully saturated rings. The minimum atomic E-state index is -0.710. The summed E-state index contributed by atoms with van der Waals surface area (Å²) in [6, 6.07) is 0. The lowest BCUT2D eigenvalue weighted by Gasteiger charge is -2.61. The number of aliphatic hydroxyl groups excluding tert-OH is 1. The maximum absolute atomic E-state index is 12.4. The highest BCUT2D eigenvalue weighted by atomic mass is 16.4. The predicted octanol–water partition coefficient (Wildman–Crippen LogP) is 6.35. The number of carbonyl (C=O) groups excluding carboxylic acids is 1. The summed E-state index contributed by atoms with van der Waals surface area (Å²) in [5.41, 5.74) is 1.99. The fraction of sp³-hybridized carbons (Fsp3) is 0.815. The van der Waals surface area contributed by atoms with E-state index < -0.39 is 5.97 Å². The van der Waals surface area contributed by atoms with E-state index in [-0.39, 0.29) is 29.1 Å². The SMILES string of the molecule is CC(O)=C1C(=C=O)[C@H]2[C@@H]3CC[C@H](C(C)CCC(=O)O)[C@@]3(C)CC[C@@H]2[C@@]2(C)CCCCC12. The lowest BCUT2D eigenvalue weighted by Crippen LogP contribution is -2.55. The van der Waals surface area contributed by atoms with Gasteiger partial charge in [0, 0.05) is 23.5 Å². The summed E-state index contributed by atoms with van der Waals surface area (Å²) in [7, 11) is 0. The Kier molecular flexibility index (Phi) is 5.92. The monoisotopic (exact) mass is 428 g/mol. The largest absolute Gasteiger partial charge is 0.512 e. The van der Waals surface area contributed by atoms with Crippen LogP contribution < -0.4 is 0 Å². The summed E-state index contributed by atoms with van der Waals surface area (Å²) >= 11 is 0. The second-order valence-electron chi connectivity index (χ2n) is 11.7. The van der Waals surface area contributed by atoms with Gasteiger partial charge in [-0.3, -0.25) is 4.79 Å². The second kappa shape index (κ2) is 8.10. The van der Waals surface area contributed by atoms with Gasteiger partial charge < -0.3 is 10.2 Å². The zero-order valence-electron chi connectivity index (χ0n) is 19.7. The van der Waals surface area contributed by atoms with E-state index in [0.717, 1.165) is 43.3 Å². The maximum Gasteiger partial charge on any atom is 0.303 e. The van der Waals surface area contributed by atoms with E-state index in [9.17, 15) is 14.7 Å². The smallest absolute Gasteiger partial charge is 0.303 e. The Morgan fingerprint density at radius 2 is 1.77 bits per heavy atom. The Labute approximate surface area is 187 Å². The van der Waals surface area contributed by atoms with Crippen LogP contribution in [0.5, 0.6) is 0 Å². The lowest BCUT2D eigenvalue weighted by atomic mass is 9.42. The van der Waals surface area contributed by atoms with Crippen molar-refractivity contribution in [2.24, 2.45) is 46.3 Å². The summed E-state index contributed by atoms with van der Waals surface area (Å²) in [5, 5.41) is 19.9. The Bertz CT molecular complexity index is 817. The normalized spacial score (nSPS) is 44.5. The second-order valence-corrected chi connectivity index (χ2v) is 11.7. The number of allylic oxidation sites excluding steroid dienone is 3. The summed E-state index contributed by atoms with van der Waals surface area (Å²) in [6.07, 6.45) is 10.2. The zero-order valence-corrected chi connectivity index (χ0v) is 19.7. The van der Waals surface area contributed by atoms with Gasteiger partial charge in [0.25, 0.3) is 0 Å². The van der Waals surface area contributed by atoms with Gasteiger partial charge in [0.2, 0.25) is 0 Å². The Morgan fingerprint density at radius 3 is 2.42 bits per heavy atom. The minimum Gasteiger partial charge on any atom is -0.512 e. The molecule has 4 saturated carbocycles. The van der Waals surface area contributed by atoms with E-state index in [1.807, 2.05) is 0 Å². The molecule has 0 aliphatic heterocycles. The molecule has 0 spiro atoms. The number of fused-ring (bicyclic) bond motifs is 5. The van der Waals surface area contributed by atoms with Crippen LogP contribution in [0.15, 0.2) is 16.9 Å². The molecule has 172 valence electrons. The average molecular weight is 429 g/mol. The number of rotatable bonds is 4. The van der Waals surface area contributed by atoms with E-state index in [0.29, 0.717) is 29.4 Å². The third-order valence-corrected chi connectivity index (χ3v) is 10.4. The van der Waals surface area contributed by atoms with Gasteiger partial charge >= 0.3 is 5.97 Å². The van der Waals surface area contributed by atoms with Crippen molar-refractivity contribution in [2.45, 2.75) is 91.9 Å². The van der Waals surface area contributed by atoms with Gasteiger partial charge in [-0.15, -0.1) is 0 Å². The Balaban J connectivity index is 1.72. The van der Waals surface area contributed by atoms with Gasteiger partial charge in [-0.25, -0.2) is 4.79 Å². The number of aliphatic carboxylic acids is 1. The van der Waals surface area contributed by atoms with Crippen molar-refractivity contribution < 1.29 is 19.8 Å². The van der Waals surface area contributed by atoms with E-state index >= 15 is 0 Å². The molecule has 4 rings (SSSR count). The fourth-order valence-electron chi connectivity index (χ4n) is 9.02. The van der Waals surface area contributed by atoms with Crippen LogP contribution in [0.25, 0.3) is 0 Å². The predicted molar refractivity (Wildman–Crippen MR) is 121 cm³/mol. The Morgan fingerprint density at radius 1 is 1.06 bits per heavy atom. The molecule has 4 aliphatic carbocycles. The molecule has 0 bridgehead atoms. The topological polar surface area (TPSA) is 74.6 Å². The molecule has 4 heteroatoms. The standard InChI is InChI=1S/C27H40O4/c1-16(8-11-23(30)31)19-9-10-21-25-18(15-28)24(17(2)29)20-7-5-6-13-26(20,3)22(25)12-14-27(19,21)4/h16,19-22,25,29H,5-14H2,1-4H3,(H,30,31)/t16?,19-,20?,21+,22+,25+,26+,27-/m1/s1. The van der Waals surface area contributed by atoms with Gasteiger partial charge in [-0.1, -0.05) is 33.6 Å².